The highest BCUT2D eigenvalue weighted by molar-refractivity contribution is 7.92. The van der Waals surface area contributed by atoms with E-state index in [9.17, 15) is 17.2 Å². The first-order chi connectivity index (χ1) is 16.7. The van der Waals surface area contributed by atoms with Crippen LogP contribution in [-0.4, -0.2) is 32.8 Å². The normalized spacial score (nSPS) is 14.8. The first-order valence-corrected chi connectivity index (χ1v) is 12.3. The molecule has 0 unspecified atom stereocenters. The first kappa shape index (κ1) is 23.3. The molecule has 0 amide bonds. The highest BCUT2D eigenvalue weighted by Crippen LogP contribution is 2.41. The molecular formula is C23H18ClF2N3O5S. The number of anilines is 1. The summed E-state index contributed by atoms with van der Waals surface area (Å²) in [6.07, 6.45) is 2.83. The number of benzene rings is 2. The summed E-state index contributed by atoms with van der Waals surface area (Å²) in [6.45, 7) is 0. The highest BCUT2D eigenvalue weighted by Gasteiger charge is 2.29. The number of halogens is 3. The number of aromatic nitrogens is 2. The standard InChI is InChI=1S/C23H18ClF2N3O5S/c1-32-20-6-11-4-3-5-17-13-8-19(23(33-2)21(24)22(13)34-28-17)35(30,31)29-18-7-12(14(11)10-27-20)15(25)9-16(18)26/h6-10,29H,3-5H2,1-2H3. The zero-order valence-electron chi connectivity index (χ0n) is 18.5. The van der Waals surface area contributed by atoms with Crippen LogP contribution in [0, 0.1) is 11.6 Å². The molecule has 5 rings (SSSR count). The van der Waals surface area contributed by atoms with Crippen LogP contribution in [0.15, 0.2) is 39.9 Å². The summed E-state index contributed by atoms with van der Waals surface area (Å²) in [5.74, 6) is -1.83. The molecule has 1 aliphatic rings. The van der Waals surface area contributed by atoms with Gasteiger partial charge in [-0.3, -0.25) is 4.72 Å². The van der Waals surface area contributed by atoms with E-state index in [0.717, 1.165) is 6.07 Å². The molecule has 0 saturated heterocycles. The van der Waals surface area contributed by atoms with Gasteiger partial charge in [0.05, 0.1) is 25.6 Å². The van der Waals surface area contributed by atoms with Crippen molar-refractivity contribution in [2.45, 2.75) is 24.2 Å². The lowest BCUT2D eigenvalue weighted by Crippen LogP contribution is -2.16. The van der Waals surface area contributed by atoms with Crippen molar-refractivity contribution in [1.29, 1.82) is 0 Å². The largest absolute Gasteiger partial charge is 0.494 e. The van der Waals surface area contributed by atoms with E-state index in [1.54, 1.807) is 6.07 Å². The fourth-order valence-corrected chi connectivity index (χ4v) is 5.76. The molecule has 4 aromatic rings. The van der Waals surface area contributed by atoms with Crippen LogP contribution in [0.1, 0.15) is 17.7 Å². The minimum Gasteiger partial charge on any atom is -0.494 e. The molecule has 4 bridgehead atoms. The van der Waals surface area contributed by atoms with E-state index >= 15 is 0 Å². The summed E-state index contributed by atoms with van der Waals surface area (Å²) in [4.78, 5) is 3.82. The second kappa shape index (κ2) is 8.65. The molecule has 0 aliphatic carbocycles. The zero-order valence-corrected chi connectivity index (χ0v) is 20.1. The monoisotopic (exact) mass is 521 g/mol. The molecule has 1 N–H and O–H groups in total. The van der Waals surface area contributed by atoms with Crippen LogP contribution < -0.4 is 14.2 Å². The van der Waals surface area contributed by atoms with Gasteiger partial charge in [-0.1, -0.05) is 16.8 Å². The van der Waals surface area contributed by atoms with Gasteiger partial charge >= 0.3 is 0 Å². The van der Waals surface area contributed by atoms with E-state index in [1.807, 2.05) is 0 Å². The number of hydrogen-bond acceptors (Lipinski definition) is 7. The Balaban J connectivity index is 1.78. The van der Waals surface area contributed by atoms with Crippen molar-refractivity contribution in [2.75, 3.05) is 18.9 Å². The Morgan fingerprint density at radius 2 is 1.86 bits per heavy atom. The van der Waals surface area contributed by atoms with E-state index in [0.29, 0.717) is 53.4 Å². The van der Waals surface area contributed by atoms with Crippen molar-refractivity contribution < 1.29 is 31.2 Å². The first-order valence-electron chi connectivity index (χ1n) is 10.4. The maximum Gasteiger partial charge on any atom is 0.265 e. The maximum atomic E-state index is 14.9. The van der Waals surface area contributed by atoms with Crippen LogP contribution in [0.2, 0.25) is 5.02 Å². The Kier molecular flexibility index (Phi) is 5.76. The molecule has 182 valence electrons. The Labute approximate surface area is 203 Å². The molecule has 35 heavy (non-hydrogen) atoms. The molecule has 8 nitrogen and oxygen atoms in total. The number of hydrogen-bond donors (Lipinski definition) is 1. The van der Waals surface area contributed by atoms with Crippen LogP contribution >= 0.6 is 11.6 Å². The third-order valence-electron chi connectivity index (χ3n) is 5.82. The molecule has 1 aliphatic heterocycles. The molecule has 0 saturated carbocycles. The van der Waals surface area contributed by atoms with Gasteiger partial charge in [0.1, 0.15) is 21.6 Å². The van der Waals surface area contributed by atoms with Crippen LogP contribution in [0.25, 0.3) is 22.1 Å². The van der Waals surface area contributed by atoms with E-state index in [-0.39, 0.29) is 26.8 Å². The number of nitrogens with zero attached hydrogens (tertiary/aromatic N) is 2. The number of sulfonamides is 1. The van der Waals surface area contributed by atoms with Gasteiger partial charge in [0.15, 0.2) is 11.3 Å². The van der Waals surface area contributed by atoms with E-state index in [1.165, 1.54) is 26.5 Å². The van der Waals surface area contributed by atoms with Crippen molar-refractivity contribution in [3.05, 3.63) is 58.4 Å². The summed E-state index contributed by atoms with van der Waals surface area (Å²) in [6, 6.07) is 4.70. The molecule has 2 aromatic carbocycles. The van der Waals surface area contributed by atoms with Crippen LogP contribution in [0.5, 0.6) is 11.6 Å². The predicted molar refractivity (Wildman–Crippen MR) is 125 cm³/mol. The number of nitrogens with one attached hydrogen (secondary N) is 1. The Bertz CT molecular complexity index is 1590. The van der Waals surface area contributed by atoms with Gasteiger partial charge in [-0.2, -0.15) is 0 Å². The minimum atomic E-state index is -4.44. The van der Waals surface area contributed by atoms with Gasteiger partial charge < -0.3 is 14.0 Å². The Hall–Kier alpha value is -3.44. The molecule has 12 heteroatoms. The summed E-state index contributed by atoms with van der Waals surface area (Å²) in [7, 11) is -1.73. The van der Waals surface area contributed by atoms with E-state index in [4.69, 9.17) is 25.6 Å². The predicted octanol–water partition coefficient (Wildman–Crippen LogP) is 5.13. The fourth-order valence-electron chi connectivity index (χ4n) is 4.13. The lowest BCUT2D eigenvalue weighted by Gasteiger charge is -2.16. The topological polar surface area (TPSA) is 104 Å². The number of aryl methyl sites for hydroxylation is 2. The average molecular weight is 522 g/mol. The fraction of sp³-hybridized carbons (Fsp3) is 0.217. The van der Waals surface area contributed by atoms with Gasteiger partial charge in [-0.25, -0.2) is 22.2 Å². The molecular weight excluding hydrogens is 504 g/mol. The van der Waals surface area contributed by atoms with Crippen LogP contribution in [-0.2, 0) is 22.9 Å². The van der Waals surface area contributed by atoms with Crippen molar-refractivity contribution in [1.82, 2.24) is 10.1 Å². The lowest BCUT2D eigenvalue weighted by molar-refractivity contribution is 0.397. The number of methoxy groups -OCH3 is 2. The minimum absolute atomic E-state index is 0.0195. The van der Waals surface area contributed by atoms with E-state index in [2.05, 4.69) is 14.9 Å². The molecule has 0 radical (unpaired) electrons. The Morgan fingerprint density at radius 1 is 1.06 bits per heavy atom. The zero-order chi connectivity index (χ0) is 24.9. The summed E-state index contributed by atoms with van der Waals surface area (Å²) in [5, 5.41) is 4.37. The van der Waals surface area contributed by atoms with Gasteiger partial charge in [0.25, 0.3) is 10.0 Å². The van der Waals surface area contributed by atoms with Crippen molar-refractivity contribution >= 4 is 38.3 Å². The van der Waals surface area contributed by atoms with Crippen molar-refractivity contribution in [3.8, 4) is 22.8 Å². The number of pyridine rings is 1. The molecule has 0 spiro atoms. The molecule has 3 heterocycles. The third kappa shape index (κ3) is 3.94. The van der Waals surface area contributed by atoms with Crippen molar-refractivity contribution in [3.63, 3.8) is 0 Å². The number of rotatable bonds is 2. The summed E-state index contributed by atoms with van der Waals surface area (Å²) < 4.78 is 74.4. The highest BCUT2D eigenvalue weighted by atomic mass is 35.5. The van der Waals surface area contributed by atoms with Gasteiger partial charge in [0.2, 0.25) is 5.88 Å². The van der Waals surface area contributed by atoms with Gasteiger partial charge in [-0.05, 0) is 37.0 Å². The SMILES string of the molecule is COc1cc2c(cn1)-c1cc(c(F)cc1F)NS(=O)(=O)c1cc3c(noc3c(Cl)c1OC)CCC2. The smallest absolute Gasteiger partial charge is 0.265 e. The van der Waals surface area contributed by atoms with E-state index < -0.39 is 27.3 Å². The number of fused-ring (bicyclic) bond motifs is 5. The van der Waals surface area contributed by atoms with Crippen molar-refractivity contribution in [2.24, 2.45) is 0 Å². The van der Waals surface area contributed by atoms with Gasteiger partial charge in [-0.15, -0.1) is 0 Å². The second-order valence-corrected chi connectivity index (χ2v) is 9.91. The summed E-state index contributed by atoms with van der Waals surface area (Å²) >= 11 is 6.40. The Morgan fingerprint density at radius 3 is 2.60 bits per heavy atom. The number of ether oxygens (including phenoxy) is 2. The average Bonchev–Trinajstić information content (AvgIpc) is 3.23. The quantitative estimate of drug-likeness (QED) is 0.390. The third-order valence-corrected chi connectivity index (χ3v) is 7.53. The van der Waals surface area contributed by atoms with Crippen LogP contribution in [0.4, 0.5) is 14.5 Å². The molecule has 2 aromatic heterocycles. The molecule has 0 atom stereocenters. The maximum absolute atomic E-state index is 14.9. The second-order valence-electron chi connectivity index (χ2n) is 7.88. The molecule has 0 fully saturated rings. The summed E-state index contributed by atoms with van der Waals surface area (Å²) in [5.41, 5.74) is 1.24. The van der Waals surface area contributed by atoms with Crippen LogP contribution in [0.3, 0.4) is 0 Å². The van der Waals surface area contributed by atoms with Gasteiger partial charge in [0, 0.05) is 34.8 Å². The lowest BCUT2D eigenvalue weighted by atomic mass is 9.96.